The van der Waals surface area contributed by atoms with Crippen LogP contribution in [0, 0.1) is 0 Å². The van der Waals surface area contributed by atoms with Gasteiger partial charge in [-0.1, -0.05) is 48.5 Å². The molecule has 7 rings (SSSR count). The standard InChI is InChI=1S/C39H30O5S5/c1-22(42)16-27-17-35(31-12-10-29(45-31)25-6-2-23(20-40)3-7-25)48-38(27)33-14-15-34(47-33)39-28(19-37(43)44)18-36(49-39)32-13-11-30(46-32)26-8-4-24(21-41)5-9-26/h2-15,17-18,40-41H,16,19-21H2,1H3,(H,43,44). The Labute approximate surface area is 303 Å². The molecule has 246 valence electrons. The zero-order valence-corrected chi connectivity index (χ0v) is 30.3. The molecule has 0 atom stereocenters. The highest BCUT2D eigenvalue weighted by molar-refractivity contribution is 7.30. The lowest BCUT2D eigenvalue weighted by Crippen LogP contribution is -1.99. The minimum absolute atomic E-state index is 0.00845. The van der Waals surface area contributed by atoms with Gasteiger partial charge in [-0.3, -0.25) is 9.59 Å². The Morgan fingerprint density at radius 3 is 1.29 bits per heavy atom. The minimum Gasteiger partial charge on any atom is -0.481 e. The summed E-state index contributed by atoms with van der Waals surface area (Å²) >= 11 is 8.30. The molecule has 49 heavy (non-hydrogen) atoms. The van der Waals surface area contributed by atoms with E-state index < -0.39 is 5.97 Å². The summed E-state index contributed by atoms with van der Waals surface area (Å²) in [5.74, 6) is -0.769. The van der Waals surface area contributed by atoms with Crippen LogP contribution in [0.15, 0.2) is 97.1 Å². The van der Waals surface area contributed by atoms with Crippen LogP contribution < -0.4 is 0 Å². The number of carboxylic acid groups (broad SMARTS) is 1. The zero-order chi connectivity index (χ0) is 34.1. The van der Waals surface area contributed by atoms with Crippen LogP contribution in [0.2, 0.25) is 0 Å². The smallest absolute Gasteiger partial charge is 0.307 e. The molecular formula is C39H30O5S5. The van der Waals surface area contributed by atoms with Crippen molar-refractivity contribution in [1.29, 1.82) is 0 Å². The van der Waals surface area contributed by atoms with Crippen LogP contribution in [-0.4, -0.2) is 27.1 Å². The van der Waals surface area contributed by atoms with E-state index in [0.717, 1.165) is 82.2 Å². The van der Waals surface area contributed by atoms with Crippen molar-refractivity contribution in [2.45, 2.75) is 33.0 Å². The van der Waals surface area contributed by atoms with Crippen LogP contribution >= 0.6 is 56.7 Å². The second kappa shape index (κ2) is 14.5. The zero-order valence-electron chi connectivity index (χ0n) is 26.3. The van der Waals surface area contributed by atoms with Crippen molar-refractivity contribution in [3.63, 3.8) is 0 Å². The fourth-order valence-corrected chi connectivity index (χ4v) is 11.4. The van der Waals surface area contributed by atoms with Crippen LogP contribution in [0.25, 0.3) is 59.9 Å². The topological polar surface area (TPSA) is 94.8 Å². The number of thiophene rings is 5. The summed E-state index contributed by atoms with van der Waals surface area (Å²) in [5, 5.41) is 28.6. The maximum Gasteiger partial charge on any atom is 0.307 e. The van der Waals surface area contributed by atoms with Crippen molar-refractivity contribution in [3.05, 3.63) is 119 Å². The van der Waals surface area contributed by atoms with Gasteiger partial charge in [0, 0.05) is 55.2 Å². The van der Waals surface area contributed by atoms with Gasteiger partial charge in [-0.15, -0.1) is 56.7 Å². The number of Topliss-reactive ketones (excluding diaryl/α,β-unsaturated/α-hetero) is 1. The van der Waals surface area contributed by atoms with Gasteiger partial charge >= 0.3 is 5.97 Å². The molecule has 5 heterocycles. The normalized spacial score (nSPS) is 11.3. The lowest BCUT2D eigenvalue weighted by molar-refractivity contribution is -0.136. The summed E-state index contributed by atoms with van der Waals surface area (Å²) in [7, 11) is 0. The predicted molar refractivity (Wildman–Crippen MR) is 206 cm³/mol. The number of aliphatic hydroxyl groups excluding tert-OH is 2. The maximum absolute atomic E-state index is 12.3. The van der Waals surface area contributed by atoms with Crippen LogP contribution in [0.5, 0.6) is 0 Å². The Kier molecular flexibility index (Phi) is 9.89. The number of hydrogen-bond donors (Lipinski definition) is 3. The predicted octanol–water partition coefficient (Wildman–Crippen LogP) is 10.7. The highest BCUT2D eigenvalue weighted by Crippen LogP contribution is 2.49. The first kappa shape index (κ1) is 33.5. The number of carboxylic acids is 1. The first-order valence-electron chi connectivity index (χ1n) is 15.5. The van der Waals surface area contributed by atoms with E-state index in [1.165, 1.54) is 0 Å². The second-order valence-corrected chi connectivity index (χ2v) is 16.9. The number of rotatable bonds is 12. The maximum atomic E-state index is 12.3. The first-order chi connectivity index (χ1) is 23.8. The average Bonchev–Trinajstić information content (AvgIpc) is 3.94. The number of aliphatic carboxylic acids is 1. The van der Waals surface area contributed by atoms with E-state index in [-0.39, 0.29) is 25.4 Å². The van der Waals surface area contributed by atoms with Crippen LogP contribution in [0.3, 0.4) is 0 Å². The van der Waals surface area contributed by atoms with Gasteiger partial charge in [0.25, 0.3) is 0 Å². The third-order valence-electron chi connectivity index (χ3n) is 7.99. The highest BCUT2D eigenvalue weighted by Gasteiger charge is 2.21. The fourth-order valence-electron chi connectivity index (χ4n) is 5.59. The number of benzene rings is 2. The summed E-state index contributed by atoms with van der Waals surface area (Å²) in [4.78, 5) is 34.9. The molecule has 3 N–H and O–H groups in total. The molecule has 0 unspecified atom stereocenters. The van der Waals surface area contributed by atoms with Crippen LogP contribution in [-0.2, 0) is 35.6 Å². The molecule has 0 bridgehead atoms. The van der Waals surface area contributed by atoms with Crippen molar-refractivity contribution >= 4 is 68.4 Å². The van der Waals surface area contributed by atoms with Crippen molar-refractivity contribution in [2.24, 2.45) is 0 Å². The molecule has 5 nitrogen and oxygen atoms in total. The van der Waals surface area contributed by atoms with Gasteiger partial charge in [0.1, 0.15) is 5.78 Å². The molecule has 7 aromatic rings. The summed E-state index contributed by atoms with van der Waals surface area (Å²) in [6.45, 7) is 1.64. The molecule has 0 aliphatic rings. The molecule has 0 radical (unpaired) electrons. The number of carbonyl (C=O) groups is 2. The molecule has 0 aliphatic heterocycles. The molecule has 0 amide bonds. The van der Waals surface area contributed by atoms with E-state index in [2.05, 4.69) is 42.5 Å². The van der Waals surface area contributed by atoms with Crippen LogP contribution in [0.1, 0.15) is 29.2 Å². The van der Waals surface area contributed by atoms with E-state index in [9.17, 15) is 24.9 Å². The van der Waals surface area contributed by atoms with Gasteiger partial charge in [0.15, 0.2) is 0 Å². The largest absolute Gasteiger partial charge is 0.481 e. The summed E-state index contributed by atoms with van der Waals surface area (Å²) in [6, 6.07) is 32.5. The summed E-state index contributed by atoms with van der Waals surface area (Å²) in [6.07, 6.45) is 0.277. The van der Waals surface area contributed by atoms with Gasteiger partial charge in [0.2, 0.25) is 0 Å². The Balaban J connectivity index is 1.20. The molecule has 2 aromatic carbocycles. The first-order valence-corrected chi connectivity index (χ1v) is 19.5. The quantitative estimate of drug-likeness (QED) is 0.116. The summed E-state index contributed by atoms with van der Waals surface area (Å²) < 4.78 is 0. The fraction of sp³-hybridized carbons (Fsp3) is 0.128. The van der Waals surface area contributed by atoms with Gasteiger partial charge in [-0.2, -0.15) is 0 Å². The van der Waals surface area contributed by atoms with Crippen molar-refractivity contribution in [2.75, 3.05) is 0 Å². The third-order valence-corrected chi connectivity index (χ3v) is 14.5. The number of hydrogen-bond acceptors (Lipinski definition) is 9. The molecule has 5 aromatic heterocycles. The Morgan fingerprint density at radius 2 is 0.878 bits per heavy atom. The van der Waals surface area contributed by atoms with E-state index >= 15 is 0 Å². The third kappa shape index (κ3) is 7.32. The van der Waals surface area contributed by atoms with Gasteiger partial charge < -0.3 is 15.3 Å². The molecule has 0 fully saturated rings. The number of ketones is 1. The monoisotopic (exact) mass is 738 g/mol. The summed E-state index contributed by atoms with van der Waals surface area (Å²) in [5.41, 5.74) is 5.71. The molecule has 0 saturated carbocycles. The highest BCUT2D eigenvalue weighted by atomic mass is 32.1. The number of aliphatic hydroxyl groups is 2. The Morgan fingerprint density at radius 1 is 0.490 bits per heavy atom. The SMILES string of the molecule is CC(=O)Cc1cc(-c2ccc(-c3ccc(CO)cc3)s2)sc1-c1ccc(-c2sc(-c3ccc(-c4ccc(CO)cc4)s3)cc2CC(=O)O)s1. The second-order valence-electron chi connectivity index (χ2n) is 11.6. The van der Waals surface area contributed by atoms with E-state index in [4.69, 9.17) is 0 Å². The van der Waals surface area contributed by atoms with Crippen molar-refractivity contribution < 1.29 is 24.9 Å². The van der Waals surface area contributed by atoms with E-state index in [1.54, 1.807) is 63.6 Å². The van der Waals surface area contributed by atoms with Crippen molar-refractivity contribution in [1.82, 2.24) is 0 Å². The Hall–Kier alpha value is -4.00. The van der Waals surface area contributed by atoms with E-state index in [0.29, 0.717) is 6.42 Å². The average molecular weight is 739 g/mol. The van der Waals surface area contributed by atoms with Crippen LogP contribution in [0.4, 0.5) is 0 Å². The Bertz CT molecular complexity index is 2100. The minimum atomic E-state index is -0.871. The number of carbonyl (C=O) groups excluding carboxylic acids is 1. The van der Waals surface area contributed by atoms with Gasteiger partial charge in [-0.05, 0) is 88.8 Å². The van der Waals surface area contributed by atoms with Crippen molar-refractivity contribution in [3.8, 4) is 59.9 Å². The molecule has 0 aliphatic carbocycles. The molecular weight excluding hydrogens is 709 g/mol. The molecule has 10 heteroatoms. The lowest BCUT2D eigenvalue weighted by atomic mass is 10.1. The molecule has 0 saturated heterocycles. The lowest BCUT2D eigenvalue weighted by Gasteiger charge is -2.00. The molecule has 0 spiro atoms. The van der Waals surface area contributed by atoms with E-state index in [1.807, 2.05) is 54.6 Å². The van der Waals surface area contributed by atoms with Gasteiger partial charge in [0.05, 0.1) is 19.6 Å². The van der Waals surface area contributed by atoms with Gasteiger partial charge in [-0.25, -0.2) is 0 Å².